The van der Waals surface area contributed by atoms with E-state index in [2.05, 4.69) is 14.7 Å². The summed E-state index contributed by atoms with van der Waals surface area (Å²) in [7, 11) is 0. The molecular weight excluding hydrogens is 325 g/mol. The Bertz CT molecular complexity index is 692. The second-order valence-corrected chi connectivity index (χ2v) is 4.54. The first-order chi connectivity index (χ1) is 10.8. The predicted octanol–water partition coefficient (Wildman–Crippen LogP) is 1.62. The van der Waals surface area contributed by atoms with Crippen molar-refractivity contribution in [2.45, 2.75) is 12.5 Å². The standard InChI is InChI=1S/C13H10F5N3O2/c14-8-9(15)11(17)13(12(18)10(8)16)23-3-7(22)6(19)1-5-2-20-4-21-5/h2,4,6H,1,3,19H2,(H,20,21)/t6-/m0/s1. The minimum absolute atomic E-state index is 0.0410. The van der Waals surface area contributed by atoms with E-state index >= 15 is 0 Å². The highest BCUT2D eigenvalue weighted by atomic mass is 19.2. The molecule has 0 radical (unpaired) electrons. The zero-order valence-electron chi connectivity index (χ0n) is 11.4. The van der Waals surface area contributed by atoms with Gasteiger partial charge in [0.2, 0.25) is 29.1 Å². The zero-order valence-corrected chi connectivity index (χ0v) is 11.4. The third-order valence-corrected chi connectivity index (χ3v) is 2.94. The van der Waals surface area contributed by atoms with Crippen LogP contribution in [0.15, 0.2) is 12.5 Å². The Morgan fingerprint density at radius 3 is 2.22 bits per heavy atom. The number of halogens is 5. The van der Waals surface area contributed by atoms with Crippen LogP contribution in [0.5, 0.6) is 5.75 Å². The highest BCUT2D eigenvalue weighted by Gasteiger charge is 2.28. The van der Waals surface area contributed by atoms with Crippen LogP contribution in [-0.2, 0) is 11.2 Å². The lowest BCUT2D eigenvalue weighted by Gasteiger charge is -2.12. The number of rotatable bonds is 6. The lowest BCUT2D eigenvalue weighted by atomic mass is 10.1. The van der Waals surface area contributed by atoms with Gasteiger partial charge in [0.25, 0.3) is 0 Å². The van der Waals surface area contributed by atoms with Gasteiger partial charge in [0.05, 0.1) is 12.4 Å². The Kier molecular flexibility index (Phi) is 4.94. The van der Waals surface area contributed by atoms with Gasteiger partial charge in [-0.3, -0.25) is 4.79 Å². The van der Waals surface area contributed by atoms with E-state index in [9.17, 15) is 26.7 Å². The number of aromatic nitrogens is 2. The quantitative estimate of drug-likeness (QED) is 0.478. The fourth-order valence-electron chi connectivity index (χ4n) is 1.71. The molecule has 0 fully saturated rings. The van der Waals surface area contributed by atoms with Gasteiger partial charge in [-0.2, -0.15) is 8.78 Å². The molecule has 5 nitrogen and oxygen atoms in total. The second-order valence-electron chi connectivity index (χ2n) is 4.54. The lowest BCUT2D eigenvalue weighted by Crippen LogP contribution is -2.36. The maximum atomic E-state index is 13.4. The van der Waals surface area contributed by atoms with Crippen molar-refractivity contribution in [3.63, 3.8) is 0 Å². The molecular formula is C13H10F5N3O2. The summed E-state index contributed by atoms with van der Waals surface area (Å²) in [5, 5.41) is 0. The average Bonchev–Trinajstić information content (AvgIpc) is 3.03. The molecule has 23 heavy (non-hydrogen) atoms. The maximum absolute atomic E-state index is 13.4. The number of imidazole rings is 1. The normalized spacial score (nSPS) is 12.3. The molecule has 0 saturated carbocycles. The van der Waals surface area contributed by atoms with E-state index in [1.807, 2.05) is 0 Å². The van der Waals surface area contributed by atoms with Crippen LogP contribution >= 0.6 is 0 Å². The van der Waals surface area contributed by atoms with E-state index in [0.717, 1.165) is 0 Å². The van der Waals surface area contributed by atoms with Gasteiger partial charge in [0.1, 0.15) is 6.61 Å². The summed E-state index contributed by atoms with van der Waals surface area (Å²) in [6.45, 7) is -0.951. The number of ether oxygens (including phenoxy) is 1. The molecule has 0 saturated heterocycles. The third kappa shape index (κ3) is 3.47. The molecule has 1 atom stereocenters. The van der Waals surface area contributed by atoms with Crippen LogP contribution in [0.1, 0.15) is 5.69 Å². The molecule has 0 aliphatic heterocycles. The first-order valence-corrected chi connectivity index (χ1v) is 6.22. The van der Waals surface area contributed by atoms with E-state index in [1.54, 1.807) is 0 Å². The fraction of sp³-hybridized carbons (Fsp3) is 0.231. The molecule has 1 aromatic carbocycles. The van der Waals surface area contributed by atoms with Crippen LogP contribution in [-0.4, -0.2) is 28.4 Å². The Hall–Kier alpha value is -2.49. The van der Waals surface area contributed by atoms with Crippen molar-refractivity contribution in [1.82, 2.24) is 9.97 Å². The molecule has 0 spiro atoms. The molecule has 2 aromatic rings. The molecule has 0 aliphatic carbocycles. The molecule has 0 aliphatic rings. The number of carbonyl (C=O) groups excluding carboxylic acids is 1. The Morgan fingerprint density at radius 2 is 1.70 bits per heavy atom. The van der Waals surface area contributed by atoms with Crippen LogP contribution in [0.4, 0.5) is 22.0 Å². The first-order valence-electron chi connectivity index (χ1n) is 6.22. The second kappa shape index (κ2) is 6.73. The third-order valence-electron chi connectivity index (χ3n) is 2.94. The number of nitrogens with zero attached hydrogens (tertiary/aromatic N) is 1. The predicted molar refractivity (Wildman–Crippen MR) is 67.0 cm³/mol. The zero-order chi connectivity index (χ0) is 17.1. The van der Waals surface area contributed by atoms with Crippen LogP contribution in [0, 0.1) is 29.1 Å². The molecule has 1 aromatic heterocycles. The Balaban J connectivity index is 2.07. The lowest BCUT2D eigenvalue weighted by molar-refractivity contribution is -0.122. The van der Waals surface area contributed by atoms with Gasteiger partial charge in [-0.25, -0.2) is 18.2 Å². The van der Waals surface area contributed by atoms with Crippen molar-refractivity contribution < 1.29 is 31.5 Å². The SMILES string of the molecule is N[C@@H](Cc1cnc[nH]1)C(=O)COc1c(F)c(F)c(F)c(F)c1F. The topological polar surface area (TPSA) is 81.0 Å². The van der Waals surface area contributed by atoms with E-state index in [1.165, 1.54) is 12.5 Å². The number of aromatic amines is 1. The first kappa shape index (κ1) is 16.9. The molecule has 10 heteroatoms. The number of H-pyrrole nitrogens is 1. The molecule has 0 amide bonds. The molecule has 2 rings (SSSR count). The molecule has 0 bridgehead atoms. The van der Waals surface area contributed by atoms with Gasteiger partial charge in [-0.15, -0.1) is 0 Å². The summed E-state index contributed by atoms with van der Waals surface area (Å²) in [6, 6.07) is -1.10. The van der Waals surface area contributed by atoms with Gasteiger partial charge < -0.3 is 15.5 Å². The number of nitrogens with one attached hydrogen (secondary N) is 1. The summed E-state index contributed by atoms with van der Waals surface area (Å²) < 4.78 is 70.0. The van der Waals surface area contributed by atoms with Gasteiger partial charge in [-0.05, 0) is 0 Å². The minimum atomic E-state index is -2.31. The monoisotopic (exact) mass is 335 g/mol. The van der Waals surface area contributed by atoms with Gasteiger partial charge in [-0.1, -0.05) is 0 Å². The van der Waals surface area contributed by atoms with Gasteiger partial charge >= 0.3 is 0 Å². The number of hydrogen-bond donors (Lipinski definition) is 2. The van der Waals surface area contributed by atoms with Crippen LogP contribution in [0.2, 0.25) is 0 Å². The molecule has 124 valence electrons. The summed E-state index contributed by atoms with van der Waals surface area (Å²) in [6.07, 6.45) is 2.81. The Morgan fingerprint density at radius 1 is 1.13 bits per heavy atom. The average molecular weight is 335 g/mol. The highest BCUT2D eigenvalue weighted by Crippen LogP contribution is 2.29. The number of nitrogens with two attached hydrogens (primary N) is 1. The minimum Gasteiger partial charge on any atom is -0.479 e. The number of benzene rings is 1. The van der Waals surface area contributed by atoms with Crippen molar-refractivity contribution >= 4 is 5.78 Å². The maximum Gasteiger partial charge on any atom is 0.207 e. The summed E-state index contributed by atoms with van der Waals surface area (Å²) in [4.78, 5) is 18.1. The number of ketones is 1. The molecule has 0 unspecified atom stereocenters. The van der Waals surface area contributed by atoms with Crippen molar-refractivity contribution in [3.05, 3.63) is 47.3 Å². The smallest absolute Gasteiger partial charge is 0.207 e. The van der Waals surface area contributed by atoms with E-state index in [4.69, 9.17) is 5.73 Å². The molecule has 1 heterocycles. The van der Waals surface area contributed by atoms with E-state index in [-0.39, 0.29) is 6.42 Å². The van der Waals surface area contributed by atoms with Crippen LogP contribution in [0.25, 0.3) is 0 Å². The van der Waals surface area contributed by atoms with E-state index < -0.39 is 53.3 Å². The summed E-state index contributed by atoms with van der Waals surface area (Å²) >= 11 is 0. The van der Waals surface area contributed by atoms with E-state index in [0.29, 0.717) is 5.69 Å². The number of hydrogen-bond acceptors (Lipinski definition) is 4. The van der Waals surface area contributed by atoms with Crippen molar-refractivity contribution in [1.29, 1.82) is 0 Å². The highest BCUT2D eigenvalue weighted by molar-refractivity contribution is 5.85. The largest absolute Gasteiger partial charge is 0.479 e. The summed E-state index contributed by atoms with van der Waals surface area (Å²) in [5.74, 6) is -13.3. The van der Waals surface area contributed by atoms with Crippen molar-refractivity contribution in [2.24, 2.45) is 5.73 Å². The van der Waals surface area contributed by atoms with Crippen LogP contribution in [0.3, 0.4) is 0 Å². The fourth-order valence-corrected chi connectivity index (χ4v) is 1.71. The van der Waals surface area contributed by atoms with Crippen molar-refractivity contribution in [2.75, 3.05) is 6.61 Å². The number of Topliss-reactive ketones (excluding diaryl/α,β-unsaturated/α-hetero) is 1. The Labute approximate surface area is 126 Å². The van der Waals surface area contributed by atoms with Crippen LogP contribution < -0.4 is 10.5 Å². The molecule has 3 N–H and O–H groups in total. The summed E-state index contributed by atoms with van der Waals surface area (Å²) in [5.41, 5.74) is 6.09. The van der Waals surface area contributed by atoms with Crippen molar-refractivity contribution in [3.8, 4) is 5.75 Å². The van der Waals surface area contributed by atoms with Gasteiger partial charge in [0.15, 0.2) is 11.5 Å². The van der Waals surface area contributed by atoms with Gasteiger partial charge in [0, 0.05) is 18.3 Å². The number of carbonyl (C=O) groups is 1.